The Labute approximate surface area is 319 Å². The van der Waals surface area contributed by atoms with E-state index in [0.717, 1.165) is 18.4 Å². The van der Waals surface area contributed by atoms with Crippen LogP contribution in [0, 0.1) is 11.7 Å². The van der Waals surface area contributed by atoms with E-state index in [1.54, 1.807) is 19.2 Å². The first-order valence-electron chi connectivity index (χ1n) is 19.0. The van der Waals surface area contributed by atoms with Crippen LogP contribution in [0.1, 0.15) is 74.5 Å². The molecule has 5 aliphatic rings. The minimum Gasteiger partial charge on any atom is -0.444 e. The van der Waals surface area contributed by atoms with E-state index in [4.69, 9.17) is 4.74 Å². The molecule has 16 heteroatoms. The van der Waals surface area contributed by atoms with Crippen LogP contribution in [-0.4, -0.2) is 95.5 Å². The number of ether oxygens (including phenoxy) is 1. The highest BCUT2D eigenvalue weighted by Crippen LogP contribution is 2.46. The van der Waals surface area contributed by atoms with E-state index >= 15 is 0 Å². The molecule has 55 heavy (non-hydrogen) atoms. The van der Waals surface area contributed by atoms with Crippen LogP contribution in [-0.2, 0) is 48.8 Å². The number of halogens is 1. The number of benzene rings is 2. The zero-order valence-corrected chi connectivity index (χ0v) is 31.6. The predicted molar refractivity (Wildman–Crippen MR) is 198 cm³/mol. The summed E-state index contributed by atoms with van der Waals surface area (Å²) in [6.07, 6.45) is 6.05. The maximum Gasteiger partial charge on any atom is 0.410 e. The second-order valence-electron chi connectivity index (χ2n) is 15.3. The molecule has 1 saturated heterocycles. The number of hydrogen-bond donors (Lipinski definition) is 3. The molecular formula is C39H47FN6O8S. The van der Waals surface area contributed by atoms with Crippen LogP contribution in [0.3, 0.4) is 0 Å². The number of carbonyl (C=O) groups is 5. The highest BCUT2D eigenvalue weighted by atomic mass is 32.2. The van der Waals surface area contributed by atoms with Gasteiger partial charge in [-0.05, 0) is 55.7 Å². The van der Waals surface area contributed by atoms with E-state index in [9.17, 15) is 36.8 Å². The smallest absolute Gasteiger partial charge is 0.410 e. The third-order valence-corrected chi connectivity index (χ3v) is 13.0. The lowest BCUT2D eigenvalue weighted by Gasteiger charge is -2.30. The molecule has 2 saturated carbocycles. The van der Waals surface area contributed by atoms with Gasteiger partial charge in [-0.1, -0.05) is 67.5 Å². The van der Waals surface area contributed by atoms with Gasteiger partial charge >= 0.3 is 12.1 Å². The molecule has 0 aromatic heterocycles. The topological polar surface area (TPSA) is 175 Å². The van der Waals surface area contributed by atoms with Gasteiger partial charge in [0.1, 0.15) is 29.5 Å². The molecule has 294 valence electrons. The Balaban J connectivity index is 1.13. The summed E-state index contributed by atoms with van der Waals surface area (Å²) < 4.78 is 48.1. The number of carbonyl (C=O) groups excluding carboxylic acids is 5. The molecule has 0 radical (unpaired) electrons. The van der Waals surface area contributed by atoms with Gasteiger partial charge in [0.25, 0.3) is 5.91 Å². The van der Waals surface area contributed by atoms with Gasteiger partial charge in [-0.15, -0.1) is 0 Å². The molecule has 0 bridgehead atoms. The number of amides is 6. The van der Waals surface area contributed by atoms with Crippen molar-refractivity contribution in [2.24, 2.45) is 5.92 Å². The first kappa shape index (κ1) is 38.3. The third kappa shape index (κ3) is 8.48. The van der Waals surface area contributed by atoms with Crippen LogP contribution in [0.15, 0.2) is 60.7 Å². The fourth-order valence-electron chi connectivity index (χ4n) is 7.76. The second kappa shape index (κ2) is 15.6. The van der Waals surface area contributed by atoms with Crippen LogP contribution in [0.5, 0.6) is 0 Å². The van der Waals surface area contributed by atoms with Crippen molar-refractivity contribution < 1.29 is 41.5 Å². The lowest BCUT2D eigenvalue weighted by Crippen LogP contribution is -2.58. The first-order chi connectivity index (χ1) is 26.3. The molecule has 2 aromatic carbocycles. The summed E-state index contributed by atoms with van der Waals surface area (Å²) in [6.45, 7) is 0.245. The lowest BCUT2D eigenvalue weighted by molar-refractivity contribution is -0.141. The van der Waals surface area contributed by atoms with E-state index in [1.165, 1.54) is 20.8 Å². The van der Waals surface area contributed by atoms with Crippen molar-refractivity contribution in [3.8, 4) is 0 Å². The number of nitrogens with zero attached hydrogens (tertiary/aromatic N) is 3. The number of allylic oxidation sites excluding steroid dienone is 1. The molecule has 3 heterocycles. The average molecular weight is 779 g/mol. The fourth-order valence-corrected chi connectivity index (χ4v) is 9.13. The molecule has 2 aromatic rings. The Hall–Kier alpha value is -4.99. The van der Waals surface area contributed by atoms with E-state index in [2.05, 4.69) is 15.4 Å². The molecule has 0 unspecified atom stereocenters. The quantitative estimate of drug-likeness (QED) is 0.359. The molecule has 3 aliphatic heterocycles. The normalized spacial score (nSPS) is 26.7. The zero-order chi connectivity index (χ0) is 38.9. The molecule has 3 fully saturated rings. The molecule has 14 nitrogen and oxygen atoms in total. The van der Waals surface area contributed by atoms with Gasteiger partial charge in [0, 0.05) is 38.0 Å². The summed E-state index contributed by atoms with van der Waals surface area (Å²) >= 11 is 0. The van der Waals surface area contributed by atoms with Gasteiger partial charge in [-0.3, -0.25) is 24.0 Å². The number of sulfonamides is 1. The van der Waals surface area contributed by atoms with Crippen molar-refractivity contribution in [1.29, 1.82) is 0 Å². The SMILES string of the molecule is CN(Cc1ccccc1)C(=O)N[C@H]1CCCCCC=C[C@@H]2C[C@@]2(C(=O)NS(=O)(=O)C2CC2)NC(=O)[C@@H]2C[C@@H](OC(=O)N3Cc4cccc(F)c4C3)CN2C1=O. The van der Waals surface area contributed by atoms with Crippen LogP contribution < -0.4 is 15.4 Å². The fraction of sp³-hybridized carbons (Fsp3) is 0.513. The largest absolute Gasteiger partial charge is 0.444 e. The molecule has 0 spiro atoms. The molecular weight excluding hydrogens is 732 g/mol. The first-order valence-corrected chi connectivity index (χ1v) is 20.5. The van der Waals surface area contributed by atoms with E-state index < -0.39 is 80.6 Å². The summed E-state index contributed by atoms with van der Waals surface area (Å²) in [5.74, 6) is -3.00. The summed E-state index contributed by atoms with van der Waals surface area (Å²) in [5, 5.41) is 5.03. The number of fused-ring (bicyclic) bond motifs is 3. The average Bonchev–Trinajstić information content (AvgIpc) is 4.04. The maximum atomic E-state index is 14.5. The van der Waals surface area contributed by atoms with Crippen molar-refractivity contribution in [3.63, 3.8) is 0 Å². The molecule has 2 aliphatic carbocycles. The number of hydrogen-bond acceptors (Lipinski definition) is 8. The maximum absolute atomic E-state index is 14.5. The van der Waals surface area contributed by atoms with Crippen molar-refractivity contribution in [1.82, 2.24) is 30.1 Å². The van der Waals surface area contributed by atoms with E-state index in [1.807, 2.05) is 42.5 Å². The van der Waals surface area contributed by atoms with Crippen molar-refractivity contribution >= 4 is 39.9 Å². The third-order valence-electron chi connectivity index (χ3n) is 11.2. The number of rotatable bonds is 7. The van der Waals surface area contributed by atoms with Gasteiger partial charge < -0.3 is 25.2 Å². The Morgan fingerprint density at radius 2 is 1.80 bits per heavy atom. The van der Waals surface area contributed by atoms with Crippen molar-refractivity contribution in [2.45, 2.75) is 106 Å². The van der Waals surface area contributed by atoms with Crippen LogP contribution in [0.25, 0.3) is 0 Å². The lowest BCUT2D eigenvalue weighted by atomic mass is 10.0. The molecule has 7 rings (SSSR count). The van der Waals surface area contributed by atoms with Gasteiger partial charge in [0.05, 0.1) is 18.3 Å². The zero-order valence-electron chi connectivity index (χ0n) is 30.7. The molecule has 3 N–H and O–H groups in total. The van der Waals surface area contributed by atoms with Crippen LogP contribution >= 0.6 is 0 Å². The Kier molecular flexibility index (Phi) is 10.9. The predicted octanol–water partition coefficient (Wildman–Crippen LogP) is 3.46. The van der Waals surface area contributed by atoms with Gasteiger partial charge in [0.2, 0.25) is 21.8 Å². The summed E-state index contributed by atoms with van der Waals surface area (Å²) in [5.41, 5.74) is 0.386. The van der Waals surface area contributed by atoms with Crippen molar-refractivity contribution in [3.05, 3.63) is 83.2 Å². The van der Waals surface area contributed by atoms with E-state index in [0.29, 0.717) is 43.4 Å². The second-order valence-corrected chi connectivity index (χ2v) is 17.3. The van der Waals surface area contributed by atoms with Crippen molar-refractivity contribution in [2.75, 3.05) is 13.6 Å². The molecule has 5 atom stereocenters. The number of urea groups is 1. The van der Waals surface area contributed by atoms with E-state index in [-0.39, 0.29) is 38.9 Å². The Morgan fingerprint density at radius 3 is 2.55 bits per heavy atom. The summed E-state index contributed by atoms with van der Waals surface area (Å²) in [4.78, 5) is 73.5. The molecule has 6 amide bonds. The van der Waals surface area contributed by atoms with Crippen LogP contribution in [0.2, 0.25) is 0 Å². The number of nitrogens with one attached hydrogen (secondary N) is 3. The van der Waals surface area contributed by atoms with Gasteiger partial charge in [-0.2, -0.15) is 0 Å². The summed E-state index contributed by atoms with van der Waals surface area (Å²) in [7, 11) is -2.30. The highest BCUT2D eigenvalue weighted by molar-refractivity contribution is 7.91. The van der Waals surface area contributed by atoms with Gasteiger partial charge in [-0.25, -0.2) is 22.4 Å². The van der Waals surface area contributed by atoms with Crippen LogP contribution in [0.4, 0.5) is 14.0 Å². The standard InChI is InChI=1S/C39H47FN6O8S/c1-44(21-25-11-6-5-7-12-25)37(50)41-32-16-9-4-2-3-8-14-27-20-39(27,36(49)43-55(52,53)29-17-18-29)42-34(47)33-19-28(23-46(33)35(32)48)54-38(51)45-22-26-13-10-15-31(40)30(26)24-45/h5-8,10-15,27-29,32-33H,2-4,9,16-24H2,1H3,(H,41,50)(H,42,47)(H,43,49)/t27-,28-,32+,33+,39-/m1/s1. The Bertz CT molecular complexity index is 1980. The van der Waals surface area contributed by atoms with Gasteiger partial charge in [0.15, 0.2) is 0 Å². The Morgan fingerprint density at radius 1 is 1.02 bits per heavy atom. The minimum atomic E-state index is -3.92. The highest BCUT2D eigenvalue weighted by Gasteiger charge is 2.62. The summed E-state index contributed by atoms with van der Waals surface area (Å²) in [6, 6.07) is 11.3. The minimum absolute atomic E-state index is 0.00102. The monoisotopic (exact) mass is 778 g/mol.